The van der Waals surface area contributed by atoms with Gasteiger partial charge < -0.3 is 14.2 Å². The molecule has 6 nitrogen and oxygen atoms in total. The highest BCUT2D eigenvalue weighted by Crippen LogP contribution is 2.16. The maximum Gasteiger partial charge on any atom is 0.306 e. The SMILES string of the molecule is CC/C=C\C/C=C\C/C=C\C/C=C\C/C=C\CCCC(=O)OC[C@@H](COC(=O)CCCCCCCCCCCCCCC)OC(=O)CCCCCCCCCCCCCCCCCC. The summed E-state index contributed by atoms with van der Waals surface area (Å²) in [5, 5.41) is 0. The van der Waals surface area contributed by atoms with Crippen molar-refractivity contribution in [3.63, 3.8) is 0 Å². The number of unbranched alkanes of at least 4 members (excludes halogenated alkanes) is 28. The molecule has 0 heterocycles. The van der Waals surface area contributed by atoms with Crippen LogP contribution in [0.4, 0.5) is 0 Å². The predicted molar refractivity (Wildman–Crippen MR) is 275 cm³/mol. The lowest BCUT2D eigenvalue weighted by Crippen LogP contribution is -2.30. The molecular weight excluding hydrogens is 793 g/mol. The minimum Gasteiger partial charge on any atom is -0.462 e. The van der Waals surface area contributed by atoms with Gasteiger partial charge in [0.2, 0.25) is 0 Å². The van der Waals surface area contributed by atoms with E-state index in [2.05, 4.69) is 81.5 Å². The number of allylic oxidation sites excluding steroid dienone is 10. The van der Waals surface area contributed by atoms with Crippen molar-refractivity contribution in [2.45, 2.75) is 277 Å². The van der Waals surface area contributed by atoms with Crippen LogP contribution in [0.1, 0.15) is 271 Å². The molecule has 64 heavy (non-hydrogen) atoms. The maximum absolute atomic E-state index is 12.8. The van der Waals surface area contributed by atoms with E-state index in [1.54, 1.807) is 0 Å². The summed E-state index contributed by atoms with van der Waals surface area (Å²) in [6.45, 7) is 6.50. The normalized spacial score (nSPS) is 12.5. The van der Waals surface area contributed by atoms with Gasteiger partial charge in [-0.3, -0.25) is 14.4 Å². The molecule has 0 saturated heterocycles. The van der Waals surface area contributed by atoms with Crippen LogP contribution in [0.3, 0.4) is 0 Å². The molecule has 0 rings (SSSR count). The smallest absolute Gasteiger partial charge is 0.306 e. The zero-order chi connectivity index (χ0) is 46.5. The number of esters is 3. The Labute approximate surface area is 396 Å². The number of rotatable bonds is 49. The van der Waals surface area contributed by atoms with Gasteiger partial charge in [0, 0.05) is 19.3 Å². The molecule has 0 N–H and O–H groups in total. The molecule has 0 aromatic rings. The highest BCUT2D eigenvalue weighted by molar-refractivity contribution is 5.71. The summed E-state index contributed by atoms with van der Waals surface area (Å²) in [6.07, 6.45) is 65.0. The summed E-state index contributed by atoms with van der Waals surface area (Å²) in [5.41, 5.74) is 0. The third-order valence-electron chi connectivity index (χ3n) is 11.8. The van der Waals surface area contributed by atoms with Gasteiger partial charge in [0.1, 0.15) is 13.2 Å². The van der Waals surface area contributed by atoms with Gasteiger partial charge in [-0.1, -0.05) is 255 Å². The quantitative estimate of drug-likeness (QED) is 0.0262. The maximum atomic E-state index is 12.8. The van der Waals surface area contributed by atoms with Gasteiger partial charge in [-0.05, 0) is 57.8 Å². The van der Waals surface area contributed by atoms with Gasteiger partial charge in [-0.15, -0.1) is 0 Å². The van der Waals surface area contributed by atoms with E-state index in [1.165, 1.54) is 148 Å². The number of carbonyl (C=O) groups is 3. The Morgan fingerprint density at radius 3 is 0.953 bits per heavy atom. The molecule has 0 aliphatic heterocycles. The molecule has 370 valence electrons. The molecule has 0 spiro atoms. The van der Waals surface area contributed by atoms with E-state index >= 15 is 0 Å². The van der Waals surface area contributed by atoms with Crippen molar-refractivity contribution in [1.29, 1.82) is 0 Å². The van der Waals surface area contributed by atoms with Crippen LogP contribution in [0.25, 0.3) is 0 Å². The third-order valence-corrected chi connectivity index (χ3v) is 11.8. The molecule has 0 aliphatic carbocycles. The number of hydrogen-bond acceptors (Lipinski definition) is 6. The molecule has 0 fully saturated rings. The second-order valence-corrected chi connectivity index (χ2v) is 18.1. The summed E-state index contributed by atoms with van der Waals surface area (Å²) >= 11 is 0. The van der Waals surface area contributed by atoms with Crippen molar-refractivity contribution < 1.29 is 28.6 Å². The van der Waals surface area contributed by atoms with Crippen LogP contribution >= 0.6 is 0 Å². The first-order valence-corrected chi connectivity index (χ1v) is 27.3. The fourth-order valence-electron chi connectivity index (χ4n) is 7.71. The predicted octanol–water partition coefficient (Wildman–Crippen LogP) is 18.0. The third kappa shape index (κ3) is 50.1. The van der Waals surface area contributed by atoms with Crippen molar-refractivity contribution >= 4 is 17.9 Å². The second kappa shape index (κ2) is 52.7. The zero-order valence-electron chi connectivity index (χ0n) is 42.3. The molecular formula is C58H102O6. The topological polar surface area (TPSA) is 78.9 Å². The monoisotopic (exact) mass is 895 g/mol. The Hall–Kier alpha value is -2.89. The molecule has 0 aromatic carbocycles. The Balaban J connectivity index is 4.44. The molecule has 1 atom stereocenters. The Kier molecular flexibility index (Phi) is 50.4. The average Bonchev–Trinajstić information content (AvgIpc) is 3.29. The summed E-state index contributed by atoms with van der Waals surface area (Å²) in [4.78, 5) is 38.0. The molecule has 0 unspecified atom stereocenters. The zero-order valence-corrected chi connectivity index (χ0v) is 42.3. The Morgan fingerprint density at radius 1 is 0.328 bits per heavy atom. The second-order valence-electron chi connectivity index (χ2n) is 18.1. The van der Waals surface area contributed by atoms with E-state index in [1.807, 2.05) is 0 Å². The van der Waals surface area contributed by atoms with Gasteiger partial charge in [0.05, 0.1) is 0 Å². The van der Waals surface area contributed by atoms with Crippen LogP contribution in [0, 0.1) is 0 Å². The first-order chi connectivity index (χ1) is 31.5. The summed E-state index contributed by atoms with van der Waals surface area (Å²) in [7, 11) is 0. The first kappa shape index (κ1) is 61.1. The largest absolute Gasteiger partial charge is 0.462 e. The van der Waals surface area contributed by atoms with E-state index in [0.717, 1.165) is 77.0 Å². The lowest BCUT2D eigenvalue weighted by molar-refractivity contribution is -0.167. The van der Waals surface area contributed by atoms with Gasteiger partial charge in [0.25, 0.3) is 0 Å². The van der Waals surface area contributed by atoms with E-state index in [9.17, 15) is 14.4 Å². The van der Waals surface area contributed by atoms with Crippen LogP contribution in [0.5, 0.6) is 0 Å². The van der Waals surface area contributed by atoms with E-state index in [0.29, 0.717) is 19.3 Å². The molecule has 0 radical (unpaired) electrons. The summed E-state index contributed by atoms with van der Waals surface area (Å²) in [5.74, 6) is -0.938. The molecule has 0 saturated carbocycles. The van der Waals surface area contributed by atoms with Gasteiger partial charge in [0.15, 0.2) is 6.10 Å². The van der Waals surface area contributed by atoms with Crippen molar-refractivity contribution in [2.24, 2.45) is 0 Å². The van der Waals surface area contributed by atoms with Gasteiger partial charge in [-0.2, -0.15) is 0 Å². The molecule has 6 heteroatoms. The van der Waals surface area contributed by atoms with Gasteiger partial charge in [-0.25, -0.2) is 0 Å². The molecule has 0 amide bonds. The number of ether oxygens (including phenoxy) is 3. The van der Waals surface area contributed by atoms with Crippen molar-refractivity contribution in [3.05, 3.63) is 60.8 Å². The van der Waals surface area contributed by atoms with E-state index in [-0.39, 0.29) is 37.5 Å². The number of hydrogen-bond donors (Lipinski definition) is 0. The van der Waals surface area contributed by atoms with Crippen molar-refractivity contribution in [2.75, 3.05) is 13.2 Å². The first-order valence-electron chi connectivity index (χ1n) is 27.3. The fraction of sp³-hybridized carbons (Fsp3) is 0.776. The molecule has 0 aromatic heterocycles. The van der Waals surface area contributed by atoms with E-state index < -0.39 is 6.10 Å². The Bertz CT molecular complexity index is 1170. The molecule has 0 bridgehead atoms. The van der Waals surface area contributed by atoms with Crippen LogP contribution in [-0.4, -0.2) is 37.2 Å². The van der Waals surface area contributed by atoms with Crippen LogP contribution < -0.4 is 0 Å². The van der Waals surface area contributed by atoms with Gasteiger partial charge >= 0.3 is 17.9 Å². The average molecular weight is 895 g/mol. The minimum absolute atomic E-state index is 0.0880. The highest BCUT2D eigenvalue weighted by atomic mass is 16.6. The molecule has 0 aliphatic rings. The fourth-order valence-corrected chi connectivity index (χ4v) is 7.71. The standard InChI is InChI=1S/C58H102O6/c1-4-7-10-13-16-19-22-25-27-29-31-33-36-39-42-45-48-51-57(60)63-54-55(53-62-56(59)50-47-44-41-38-35-32-24-21-18-15-12-9-6-3)64-58(61)52-49-46-43-40-37-34-30-28-26-23-20-17-14-11-8-5-2/h7,10,16,19,25,27,31,33,39,42,55H,4-6,8-9,11-15,17-18,20-24,26,28-30,32,34-38,40-41,43-54H2,1-3H3/b10-7-,19-16-,27-25-,33-31-,42-39-/t55-/m1/s1. The van der Waals surface area contributed by atoms with Crippen molar-refractivity contribution in [3.8, 4) is 0 Å². The Morgan fingerprint density at radius 2 is 0.609 bits per heavy atom. The van der Waals surface area contributed by atoms with Crippen molar-refractivity contribution in [1.82, 2.24) is 0 Å². The van der Waals surface area contributed by atoms with E-state index in [4.69, 9.17) is 14.2 Å². The summed E-state index contributed by atoms with van der Waals surface area (Å²) in [6, 6.07) is 0. The lowest BCUT2D eigenvalue weighted by atomic mass is 10.0. The highest BCUT2D eigenvalue weighted by Gasteiger charge is 2.19. The van der Waals surface area contributed by atoms with Crippen LogP contribution in [-0.2, 0) is 28.6 Å². The number of carbonyl (C=O) groups excluding carboxylic acids is 3. The lowest BCUT2D eigenvalue weighted by Gasteiger charge is -2.18. The summed E-state index contributed by atoms with van der Waals surface area (Å²) < 4.78 is 16.8. The van der Waals surface area contributed by atoms with Crippen LogP contribution in [0.15, 0.2) is 60.8 Å². The van der Waals surface area contributed by atoms with Crippen LogP contribution in [0.2, 0.25) is 0 Å². The minimum atomic E-state index is -0.793.